The number of carbonyl (C=O) groups excluding carboxylic acids is 1. The van der Waals surface area contributed by atoms with Crippen LogP contribution in [0.1, 0.15) is 42.6 Å². The maximum Gasteiger partial charge on any atom is 0.410 e. The number of aromatic nitrogens is 2. The average molecular weight is 377 g/mol. The standard InChI is InChI=1S/C19H18F3N3O2/c1-11-16(10-25-7-6-19(4-5-19)27-18(25)26)24-15(9-23-11)12-2-3-14(20)13(8-12)17(21)22/h2-3,8-9,17H,4-7,10H2,1H3. The molecule has 5 nitrogen and oxygen atoms in total. The number of ether oxygens (including phenoxy) is 1. The molecule has 1 saturated heterocycles. The zero-order valence-electron chi connectivity index (χ0n) is 14.7. The third kappa shape index (κ3) is 3.48. The zero-order chi connectivity index (χ0) is 19.2. The van der Waals surface area contributed by atoms with E-state index in [1.165, 1.54) is 12.3 Å². The predicted octanol–water partition coefficient (Wildman–Crippen LogP) is 4.40. The summed E-state index contributed by atoms with van der Waals surface area (Å²) in [6.45, 7) is 2.57. The summed E-state index contributed by atoms with van der Waals surface area (Å²) < 4.78 is 44.9. The second kappa shape index (κ2) is 6.51. The molecule has 1 saturated carbocycles. The van der Waals surface area contributed by atoms with Crippen molar-refractivity contribution in [2.75, 3.05) is 6.54 Å². The first-order valence-electron chi connectivity index (χ1n) is 8.75. The molecular weight excluding hydrogens is 359 g/mol. The van der Waals surface area contributed by atoms with Gasteiger partial charge in [0.1, 0.15) is 11.4 Å². The van der Waals surface area contributed by atoms with E-state index < -0.39 is 17.8 Å². The minimum absolute atomic E-state index is 0.227. The number of alkyl halides is 2. The number of rotatable bonds is 4. The highest BCUT2D eigenvalue weighted by atomic mass is 19.3. The van der Waals surface area contributed by atoms with Gasteiger partial charge in [-0.3, -0.25) is 4.98 Å². The van der Waals surface area contributed by atoms with Gasteiger partial charge in [0.05, 0.1) is 35.4 Å². The molecule has 2 aliphatic rings. The van der Waals surface area contributed by atoms with Gasteiger partial charge in [0, 0.05) is 18.5 Å². The summed E-state index contributed by atoms with van der Waals surface area (Å²) in [7, 11) is 0. The van der Waals surface area contributed by atoms with E-state index >= 15 is 0 Å². The highest BCUT2D eigenvalue weighted by Crippen LogP contribution is 2.45. The van der Waals surface area contributed by atoms with Crippen molar-refractivity contribution in [1.82, 2.24) is 14.9 Å². The Bertz CT molecular complexity index is 900. The maximum atomic E-state index is 13.5. The smallest absolute Gasteiger partial charge is 0.410 e. The molecule has 1 aromatic carbocycles. The minimum Gasteiger partial charge on any atom is -0.443 e. The van der Waals surface area contributed by atoms with Gasteiger partial charge < -0.3 is 9.64 Å². The topological polar surface area (TPSA) is 55.3 Å². The van der Waals surface area contributed by atoms with E-state index in [1.807, 2.05) is 0 Å². The molecule has 0 radical (unpaired) electrons. The fraction of sp³-hybridized carbons (Fsp3) is 0.421. The average Bonchev–Trinajstić information content (AvgIpc) is 3.38. The van der Waals surface area contributed by atoms with E-state index in [-0.39, 0.29) is 18.2 Å². The van der Waals surface area contributed by atoms with Crippen molar-refractivity contribution >= 4 is 6.09 Å². The van der Waals surface area contributed by atoms with E-state index in [0.29, 0.717) is 29.2 Å². The van der Waals surface area contributed by atoms with Gasteiger partial charge in [-0.1, -0.05) is 0 Å². The Morgan fingerprint density at radius 1 is 1.30 bits per heavy atom. The molecule has 142 valence electrons. The Morgan fingerprint density at radius 2 is 2.07 bits per heavy atom. The van der Waals surface area contributed by atoms with Crippen molar-refractivity contribution in [3.8, 4) is 11.3 Å². The zero-order valence-corrected chi connectivity index (χ0v) is 14.7. The second-order valence-electron chi connectivity index (χ2n) is 7.05. The van der Waals surface area contributed by atoms with Crippen LogP contribution in [0.15, 0.2) is 24.4 Å². The first-order valence-corrected chi connectivity index (χ1v) is 8.75. The summed E-state index contributed by atoms with van der Waals surface area (Å²) in [5.74, 6) is -0.959. The van der Waals surface area contributed by atoms with Gasteiger partial charge in [-0.15, -0.1) is 0 Å². The molecule has 1 aliphatic heterocycles. The Balaban J connectivity index is 1.58. The Kier molecular flexibility index (Phi) is 4.28. The third-order valence-corrected chi connectivity index (χ3v) is 5.13. The molecule has 0 bridgehead atoms. The third-order valence-electron chi connectivity index (χ3n) is 5.13. The van der Waals surface area contributed by atoms with Gasteiger partial charge in [0.2, 0.25) is 0 Å². The van der Waals surface area contributed by atoms with Crippen LogP contribution in [0.2, 0.25) is 0 Å². The molecule has 2 aromatic rings. The molecule has 1 aliphatic carbocycles. The van der Waals surface area contributed by atoms with Crippen molar-refractivity contribution in [2.24, 2.45) is 0 Å². The van der Waals surface area contributed by atoms with Crippen LogP contribution < -0.4 is 0 Å². The Morgan fingerprint density at radius 3 is 2.74 bits per heavy atom. The van der Waals surface area contributed by atoms with Crippen LogP contribution in [0.3, 0.4) is 0 Å². The van der Waals surface area contributed by atoms with Crippen LogP contribution in [-0.4, -0.2) is 33.1 Å². The first-order chi connectivity index (χ1) is 12.9. The lowest BCUT2D eigenvalue weighted by atomic mass is 10.1. The molecule has 0 N–H and O–H groups in total. The monoisotopic (exact) mass is 377 g/mol. The molecule has 27 heavy (non-hydrogen) atoms. The number of nitrogens with zero attached hydrogens (tertiary/aromatic N) is 3. The Hall–Kier alpha value is -2.64. The number of carbonyl (C=O) groups is 1. The van der Waals surface area contributed by atoms with Gasteiger partial charge in [-0.05, 0) is 38.0 Å². The van der Waals surface area contributed by atoms with Crippen LogP contribution in [-0.2, 0) is 11.3 Å². The first kappa shape index (κ1) is 17.8. The highest BCUT2D eigenvalue weighted by Gasteiger charge is 2.50. The molecule has 2 fully saturated rings. The van der Waals surface area contributed by atoms with Crippen molar-refractivity contribution < 1.29 is 22.7 Å². The fourth-order valence-electron chi connectivity index (χ4n) is 3.19. The van der Waals surface area contributed by atoms with Crippen molar-refractivity contribution in [3.05, 3.63) is 47.2 Å². The molecular formula is C19H18F3N3O2. The molecule has 4 rings (SSSR count). The molecule has 0 atom stereocenters. The van der Waals surface area contributed by atoms with Gasteiger partial charge in [-0.2, -0.15) is 0 Å². The van der Waals surface area contributed by atoms with Crippen LogP contribution >= 0.6 is 0 Å². The number of amides is 1. The SMILES string of the molecule is Cc1ncc(-c2ccc(F)c(C(F)F)c2)nc1CN1CCC2(CC2)OC1=O. The molecule has 8 heteroatoms. The lowest BCUT2D eigenvalue weighted by molar-refractivity contribution is 0.00830. The largest absolute Gasteiger partial charge is 0.443 e. The van der Waals surface area contributed by atoms with E-state index in [4.69, 9.17) is 4.74 Å². The maximum absolute atomic E-state index is 13.5. The molecule has 1 spiro atoms. The number of aryl methyl sites for hydroxylation is 1. The lowest BCUT2D eigenvalue weighted by Gasteiger charge is -2.32. The quantitative estimate of drug-likeness (QED) is 0.792. The van der Waals surface area contributed by atoms with E-state index in [0.717, 1.165) is 31.4 Å². The van der Waals surface area contributed by atoms with Crippen molar-refractivity contribution in [3.63, 3.8) is 0 Å². The molecule has 0 unspecified atom stereocenters. The number of hydrogen-bond acceptors (Lipinski definition) is 4. The minimum atomic E-state index is -2.92. The van der Waals surface area contributed by atoms with E-state index in [2.05, 4.69) is 9.97 Å². The highest BCUT2D eigenvalue weighted by molar-refractivity contribution is 5.69. The van der Waals surface area contributed by atoms with Crippen LogP contribution in [0.4, 0.5) is 18.0 Å². The van der Waals surface area contributed by atoms with E-state index in [1.54, 1.807) is 11.8 Å². The second-order valence-corrected chi connectivity index (χ2v) is 7.05. The van der Waals surface area contributed by atoms with Gasteiger partial charge in [-0.25, -0.2) is 22.9 Å². The molecule has 1 aromatic heterocycles. The summed E-state index contributed by atoms with van der Waals surface area (Å²) in [6, 6.07) is 3.46. The predicted molar refractivity (Wildman–Crippen MR) is 90.6 cm³/mol. The van der Waals surface area contributed by atoms with Crippen molar-refractivity contribution in [1.29, 1.82) is 0 Å². The Labute approximate surface area is 154 Å². The van der Waals surface area contributed by atoms with Gasteiger partial charge in [0.25, 0.3) is 6.43 Å². The summed E-state index contributed by atoms with van der Waals surface area (Å²) >= 11 is 0. The summed E-state index contributed by atoms with van der Waals surface area (Å²) in [5.41, 5.74) is 0.954. The van der Waals surface area contributed by atoms with Crippen molar-refractivity contribution in [2.45, 2.75) is 44.8 Å². The summed E-state index contributed by atoms with van der Waals surface area (Å²) in [6.07, 6.45) is 0.790. The molecule has 1 amide bonds. The van der Waals surface area contributed by atoms with Crippen LogP contribution in [0.5, 0.6) is 0 Å². The normalized spacial score (nSPS) is 18.1. The number of benzene rings is 1. The number of halogens is 3. The fourth-order valence-corrected chi connectivity index (χ4v) is 3.19. The van der Waals surface area contributed by atoms with Crippen LogP contribution in [0.25, 0.3) is 11.3 Å². The molecule has 2 heterocycles. The summed E-state index contributed by atoms with van der Waals surface area (Å²) in [4.78, 5) is 22.5. The van der Waals surface area contributed by atoms with Gasteiger partial charge >= 0.3 is 6.09 Å². The van der Waals surface area contributed by atoms with Crippen LogP contribution in [0, 0.1) is 12.7 Å². The number of hydrogen-bond donors (Lipinski definition) is 0. The summed E-state index contributed by atoms with van der Waals surface area (Å²) in [5, 5.41) is 0. The van der Waals surface area contributed by atoms with Gasteiger partial charge in [0.15, 0.2) is 0 Å². The van der Waals surface area contributed by atoms with E-state index in [9.17, 15) is 18.0 Å². The lowest BCUT2D eigenvalue weighted by Crippen LogP contribution is -2.42.